The van der Waals surface area contributed by atoms with Crippen LogP contribution < -0.4 is 10.1 Å². The normalized spacial score (nSPS) is 10.6. The number of methoxy groups -OCH3 is 1. The topological polar surface area (TPSA) is 77.2 Å². The van der Waals surface area contributed by atoms with Gasteiger partial charge in [0.2, 0.25) is 0 Å². The first-order valence-corrected chi connectivity index (χ1v) is 7.86. The van der Waals surface area contributed by atoms with E-state index in [4.69, 9.17) is 20.9 Å². The van der Waals surface area contributed by atoms with Crippen LogP contribution in [0.4, 0.5) is 5.13 Å². The van der Waals surface area contributed by atoms with Crippen molar-refractivity contribution >= 4 is 34.0 Å². The van der Waals surface area contributed by atoms with Gasteiger partial charge in [0.25, 0.3) is 5.91 Å². The van der Waals surface area contributed by atoms with Crippen molar-refractivity contribution in [1.29, 1.82) is 0 Å². The zero-order chi connectivity index (χ0) is 16.4. The van der Waals surface area contributed by atoms with E-state index in [0.29, 0.717) is 27.4 Å². The number of carbonyl (C=O) groups excluding carboxylic acids is 1. The predicted octanol–water partition coefficient (Wildman–Crippen LogP) is 4.02. The van der Waals surface area contributed by atoms with E-state index in [1.165, 1.54) is 11.3 Å². The number of hydrogen-bond donors (Lipinski definition) is 1. The Bertz CT molecular complexity index is 859. The molecule has 3 aromatic rings. The first kappa shape index (κ1) is 15.5. The molecule has 3 rings (SSSR count). The Morgan fingerprint density at radius 3 is 2.87 bits per heavy atom. The molecule has 0 aliphatic rings. The monoisotopic (exact) mass is 349 g/mol. The van der Waals surface area contributed by atoms with Crippen molar-refractivity contribution in [3.8, 4) is 17.0 Å². The molecule has 0 saturated heterocycles. The molecule has 0 saturated carbocycles. The summed E-state index contributed by atoms with van der Waals surface area (Å²) in [6.45, 7) is 1.72. The lowest BCUT2D eigenvalue weighted by Gasteiger charge is -2.04. The number of rotatable bonds is 4. The summed E-state index contributed by atoms with van der Waals surface area (Å²) in [5.74, 6) is 0.805. The molecule has 1 N–H and O–H groups in total. The average Bonchev–Trinajstić information content (AvgIpc) is 3.16. The van der Waals surface area contributed by atoms with Gasteiger partial charge in [-0.3, -0.25) is 10.1 Å². The Morgan fingerprint density at radius 2 is 2.22 bits per heavy atom. The largest absolute Gasteiger partial charge is 0.495 e. The van der Waals surface area contributed by atoms with E-state index in [1.54, 1.807) is 32.2 Å². The maximum atomic E-state index is 12.0. The van der Waals surface area contributed by atoms with Crippen molar-refractivity contribution in [1.82, 2.24) is 10.1 Å². The summed E-state index contributed by atoms with van der Waals surface area (Å²) in [4.78, 5) is 16.4. The molecule has 2 aromatic heterocycles. The molecule has 0 atom stereocenters. The fourth-order valence-corrected chi connectivity index (χ4v) is 2.90. The average molecular weight is 350 g/mol. The maximum Gasteiger partial charge on any atom is 0.279 e. The maximum absolute atomic E-state index is 12.0. The molecule has 0 bridgehead atoms. The van der Waals surface area contributed by atoms with Gasteiger partial charge in [0.15, 0.2) is 10.8 Å². The fraction of sp³-hybridized carbons (Fsp3) is 0.133. The molecular formula is C15H12ClN3O3S. The Balaban J connectivity index is 1.78. The minimum atomic E-state index is -0.365. The molecule has 0 fully saturated rings. The van der Waals surface area contributed by atoms with Crippen LogP contribution >= 0.6 is 22.9 Å². The molecule has 1 aromatic carbocycles. The number of aryl methyl sites for hydroxylation is 1. The molecule has 0 aliphatic carbocycles. The Kier molecular flexibility index (Phi) is 4.31. The molecule has 8 heteroatoms. The van der Waals surface area contributed by atoms with Crippen LogP contribution in [0.15, 0.2) is 34.2 Å². The number of anilines is 1. The number of nitrogens with one attached hydrogen (secondary N) is 1. The van der Waals surface area contributed by atoms with Crippen LogP contribution in [0, 0.1) is 6.92 Å². The summed E-state index contributed by atoms with van der Waals surface area (Å²) in [6.07, 6.45) is 0. The molecular weight excluding hydrogens is 338 g/mol. The lowest BCUT2D eigenvalue weighted by atomic mass is 10.2. The van der Waals surface area contributed by atoms with E-state index >= 15 is 0 Å². The zero-order valence-corrected chi connectivity index (χ0v) is 13.9. The van der Waals surface area contributed by atoms with Crippen LogP contribution in [-0.2, 0) is 0 Å². The Morgan fingerprint density at radius 1 is 1.39 bits per heavy atom. The number of hydrogen-bond acceptors (Lipinski definition) is 6. The minimum absolute atomic E-state index is 0.215. The van der Waals surface area contributed by atoms with Crippen LogP contribution in [0.25, 0.3) is 11.3 Å². The first-order chi connectivity index (χ1) is 11.1. The number of aromatic nitrogens is 2. The summed E-state index contributed by atoms with van der Waals surface area (Å²) >= 11 is 7.43. The van der Waals surface area contributed by atoms with E-state index < -0.39 is 0 Å². The second-order valence-electron chi connectivity index (χ2n) is 4.66. The number of thiazole rings is 1. The second kappa shape index (κ2) is 6.39. The van der Waals surface area contributed by atoms with Gasteiger partial charge in [-0.25, -0.2) is 4.98 Å². The van der Waals surface area contributed by atoms with E-state index in [1.807, 2.05) is 11.4 Å². The van der Waals surface area contributed by atoms with E-state index in [-0.39, 0.29) is 11.6 Å². The zero-order valence-electron chi connectivity index (χ0n) is 12.3. The summed E-state index contributed by atoms with van der Waals surface area (Å²) in [6, 6.07) is 6.95. The van der Waals surface area contributed by atoms with Crippen molar-refractivity contribution in [3.63, 3.8) is 0 Å². The van der Waals surface area contributed by atoms with E-state index in [2.05, 4.69) is 15.5 Å². The van der Waals surface area contributed by atoms with Crippen molar-refractivity contribution < 1.29 is 14.1 Å². The van der Waals surface area contributed by atoms with Gasteiger partial charge in [-0.05, 0) is 25.1 Å². The van der Waals surface area contributed by atoms with Crippen LogP contribution in [0.3, 0.4) is 0 Å². The van der Waals surface area contributed by atoms with Gasteiger partial charge in [-0.2, -0.15) is 0 Å². The molecule has 6 nitrogen and oxygen atoms in total. The molecule has 0 radical (unpaired) electrons. The van der Waals surface area contributed by atoms with Gasteiger partial charge >= 0.3 is 0 Å². The molecule has 118 valence electrons. The van der Waals surface area contributed by atoms with Gasteiger partial charge in [-0.1, -0.05) is 16.8 Å². The minimum Gasteiger partial charge on any atom is -0.495 e. The number of carbonyl (C=O) groups is 1. The molecule has 0 spiro atoms. The van der Waals surface area contributed by atoms with Gasteiger partial charge in [0.05, 0.1) is 17.8 Å². The van der Waals surface area contributed by atoms with Gasteiger partial charge in [0, 0.05) is 17.0 Å². The van der Waals surface area contributed by atoms with Crippen molar-refractivity contribution in [2.24, 2.45) is 0 Å². The van der Waals surface area contributed by atoms with Crippen molar-refractivity contribution in [3.05, 3.63) is 46.1 Å². The molecule has 0 unspecified atom stereocenters. The summed E-state index contributed by atoms with van der Waals surface area (Å²) in [5.41, 5.74) is 1.77. The summed E-state index contributed by atoms with van der Waals surface area (Å²) < 4.78 is 10.0. The Labute approximate surface area is 141 Å². The number of ether oxygens (including phenoxy) is 1. The lowest BCUT2D eigenvalue weighted by molar-refractivity contribution is 0.101. The highest BCUT2D eigenvalue weighted by atomic mass is 35.5. The highest BCUT2D eigenvalue weighted by Gasteiger charge is 2.14. The SMILES string of the molecule is COc1ccc(-c2csc(NC(=O)c3cc(C)on3)n2)cc1Cl. The molecule has 1 amide bonds. The highest BCUT2D eigenvalue weighted by Crippen LogP contribution is 2.31. The third kappa shape index (κ3) is 3.35. The molecule has 23 heavy (non-hydrogen) atoms. The number of halogens is 1. The quantitative estimate of drug-likeness (QED) is 0.769. The van der Waals surface area contributed by atoms with Crippen LogP contribution in [-0.4, -0.2) is 23.2 Å². The third-order valence-electron chi connectivity index (χ3n) is 3.03. The lowest BCUT2D eigenvalue weighted by Crippen LogP contribution is -2.11. The number of nitrogens with zero attached hydrogens (tertiary/aromatic N) is 2. The van der Waals surface area contributed by atoms with Crippen LogP contribution in [0.2, 0.25) is 5.02 Å². The van der Waals surface area contributed by atoms with E-state index in [9.17, 15) is 4.79 Å². The molecule has 0 aliphatic heterocycles. The third-order valence-corrected chi connectivity index (χ3v) is 4.09. The van der Waals surface area contributed by atoms with Crippen molar-refractivity contribution in [2.75, 3.05) is 12.4 Å². The van der Waals surface area contributed by atoms with Gasteiger partial charge in [0.1, 0.15) is 11.5 Å². The highest BCUT2D eigenvalue weighted by molar-refractivity contribution is 7.14. The van der Waals surface area contributed by atoms with Crippen LogP contribution in [0.5, 0.6) is 5.75 Å². The standard InChI is InChI=1S/C15H12ClN3O3S/c1-8-5-11(19-22-8)14(20)18-15-17-12(7-23-15)9-3-4-13(21-2)10(16)6-9/h3-7H,1-2H3,(H,17,18,20). The summed E-state index contributed by atoms with van der Waals surface area (Å²) in [5, 5.41) is 9.16. The number of benzene rings is 1. The molecule has 2 heterocycles. The van der Waals surface area contributed by atoms with E-state index in [0.717, 1.165) is 5.56 Å². The summed E-state index contributed by atoms with van der Waals surface area (Å²) in [7, 11) is 1.56. The van der Waals surface area contributed by atoms with Crippen molar-refractivity contribution in [2.45, 2.75) is 6.92 Å². The first-order valence-electron chi connectivity index (χ1n) is 6.61. The smallest absolute Gasteiger partial charge is 0.279 e. The van der Waals surface area contributed by atoms with Gasteiger partial charge < -0.3 is 9.26 Å². The predicted molar refractivity (Wildman–Crippen MR) is 88.3 cm³/mol. The van der Waals surface area contributed by atoms with Gasteiger partial charge in [-0.15, -0.1) is 11.3 Å². The van der Waals surface area contributed by atoms with Crippen LogP contribution in [0.1, 0.15) is 16.2 Å². The Hall–Kier alpha value is -2.38. The fourth-order valence-electron chi connectivity index (χ4n) is 1.92. The second-order valence-corrected chi connectivity index (χ2v) is 5.93. The number of amides is 1.